The van der Waals surface area contributed by atoms with Crippen molar-refractivity contribution in [3.63, 3.8) is 0 Å². The second-order valence-corrected chi connectivity index (χ2v) is 4.74. The predicted octanol–water partition coefficient (Wildman–Crippen LogP) is 4.08. The summed E-state index contributed by atoms with van der Waals surface area (Å²) in [7, 11) is 0. The molecule has 0 fully saturated rings. The molecule has 0 aliphatic rings. The highest BCUT2D eigenvalue weighted by Gasteiger charge is 1.95. The van der Waals surface area contributed by atoms with Gasteiger partial charge in [-0.25, -0.2) is 0 Å². The van der Waals surface area contributed by atoms with Crippen molar-refractivity contribution in [1.29, 1.82) is 0 Å². The molecular formula is C16H28O3. The molecule has 3 heteroatoms. The highest BCUT2D eigenvalue weighted by Crippen LogP contribution is 2.06. The van der Waals surface area contributed by atoms with Crippen LogP contribution in [-0.4, -0.2) is 22.8 Å². The van der Waals surface area contributed by atoms with Crippen LogP contribution in [0, 0.1) is 0 Å². The van der Waals surface area contributed by atoms with Gasteiger partial charge in [0.2, 0.25) is 0 Å². The molecule has 2 N–H and O–H groups in total. The van der Waals surface area contributed by atoms with Crippen LogP contribution in [0.5, 0.6) is 0 Å². The van der Waals surface area contributed by atoms with E-state index in [0.29, 0.717) is 13.0 Å². The molecule has 0 radical (unpaired) electrons. The van der Waals surface area contributed by atoms with Gasteiger partial charge in [0.15, 0.2) is 0 Å². The summed E-state index contributed by atoms with van der Waals surface area (Å²) < 4.78 is 0. The molecule has 0 rings (SSSR count). The first-order chi connectivity index (χ1) is 9.27. The molecule has 0 aromatic carbocycles. The number of allylic oxidation sites excluding steroid dienone is 4. The van der Waals surface area contributed by atoms with Crippen molar-refractivity contribution in [2.24, 2.45) is 0 Å². The van der Waals surface area contributed by atoms with Crippen LogP contribution in [0.1, 0.15) is 64.2 Å². The summed E-state index contributed by atoms with van der Waals surface area (Å²) in [6.07, 6.45) is 18.2. The van der Waals surface area contributed by atoms with Gasteiger partial charge in [0.05, 0.1) is 0 Å². The molecule has 0 spiro atoms. The average Bonchev–Trinajstić information content (AvgIpc) is 2.39. The fourth-order valence-corrected chi connectivity index (χ4v) is 1.77. The first kappa shape index (κ1) is 17.9. The standard InChI is InChI=1S/C16H28O3/c17-15-13-11-9-7-5-3-1-2-4-6-8-10-12-14-16(18)19/h1-2,5,7,17H,3-4,6,8-15H2,(H,18,19). The van der Waals surface area contributed by atoms with Crippen LogP contribution in [0.25, 0.3) is 0 Å². The van der Waals surface area contributed by atoms with E-state index in [1.54, 1.807) is 0 Å². The second-order valence-electron chi connectivity index (χ2n) is 4.74. The smallest absolute Gasteiger partial charge is 0.303 e. The number of carboxylic acid groups (broad SMARTS) is 1. The maximum atomic E-state index is 10.3. The molecular weight excluding hydrogens is 240 g/mol. The van der Waals surface area contributed by atoms with E-state index in [0.717, 1.165) is 57.8 Å². The average molecular weight is 268 g/mol. The molecule has 0 saturated carbocycles. The number of hydrogen-bond donors (Lipinski definition) is 2. The second kappa shape index (κ2) is 15.0. The van der Waals surface area contributed by atoms with Gasteiger partial charge in [-0.15, -0.1) is 0 Å². The molecule has 0 saturated heterocycles. The third-order valence-corrected chi connectivity index (χ3v) is 2.90. The molecule has 3 nitrogen and oxygen atoms in total. The van der Waals surface area contributed by atoms with Crippen LogP contribution in [0.15, 0.2) is 24.3 Å². The van der Waals surface area contributed by atoms with Gasteiger partial charge in [0, 0.05) is 13.0 Å². The Morgan fingerprint density at radius 3 is 1.95 bits per heavy atom. The molecule has 0 aliphatic heterocycles. The van der Waals surface area contributed by atoms with Gasteiger partial charge in [-0.3, -0.25) is 4.79 Å². The van der Waals surface area contributed by atoms with Crippen molar-refractivity contribution in [3.05, 3.63) is 24.3 Å². The van der Waals surface area contributed by atoms with E-state index in [1.165, 1.54) is 0 Å². The van der Waals surface area contributed by atoms with Crippen molar-refractivity contribution < 1.29 is 15.0 Å². The van der Waals surface area contributed by atoms with E-state index in [9.17, 15) is 4.79 Å². The molecule has 0 aliphatic carbocycles. The Balaban J connectivity index is 3.19. The van der Waals surface area contributed by atoms with Crippen LogP contribution in [0.2, 0.25) is 0 Å². The van der Waals surface area contributed by atoms with E-state index in [-0.39, 0.29) is 0 Å². The first-order valence-corrected chi connectivity index (χ1v) is 7.40. The summed E-state index contributed by atoms with van der Waals surface area (Å²) in [4.78, 5) is 10.3. The predicted molar refractivity (Wildman–Crippen MR) is 79.2 cm³/mol. The fraction of sp³-hybridized carbons (Fsp3) is 0.688. The third-order valence-electron chi connectivity index (χ3n) is 2.90. The van der Waals surface area contributed by atoms with E-state index in [4.69, 9.17) is 10.2 Å². The van der Waals surface area contributed by atoms with Gasteiger partial charge in [-0.1, -0.05) is 37.1 Å². The summed E-state index contributed by atoms with van der Waals surface area (Å²) in [5.41, 5.74) is 0. The Morgan fingerprint density at radius 1 is 0.789 bits per heavy atom. The summed E-state index contributed by atoms with van der Waals surface area (Å²) in [6, 6.07) is 0. The van der Waals surface area contributed by atoms with Gasteiger partial charge in [-0.2, -0.15) is 0 Å². The van der Waals surface area contributed by atoms with E-state index >= 15 is 0 Å². The lowest BCUT2D eigenvalue weighted by Crippen LogP contribution is -1.93. The topological polar surface area (TPSA) is 57.5 Å². The highest BCUT2D eigenvalue weighted by molar-refractivity contribution is 5.66. The summed E-state index contributed by atoms with van der Waals surface area (Å²) in [5.74, 6) is -0.689. The van der Waals surface area contributed by atoms with Crippen LogP contribution >= 0.6 is 0 Å². The number of carbonyl (C=O) groups is 1. The van der Waals surface area contributed by atoms with Gasteiger partial charge < -0.3 is 10.2 Å². The Labute approximate surface area is 117 Å². The molecule has 0 aromatic heterocycles. The number of aliphatic hydroxyl groups excluding tert-OH is 1. The summed E-state index contributed by atoms with van der Waals surface area (Å²) >= 11 is 0. The van der Waals surface area contributed by atoms with Crippen LogP contribution in [0.4, 0.5) is 0 Å². The minimum absolute atomic E-state index is 0.292. The van der Waals surface area contributed by atoms with Crippen LogP contribution in [0.3, 0.4) is 0 Å². The molecule has 0 amide bonds. The van der Waals surface area contributed by atoms with Gasteiger partial charge in [0.25, 0.3) is 0 Å². The van der Waals surface area contributed by atoms with Crippen LogP contribution in [-0.2, 0) is 4.79 Å². The van der Waals surface area contributed by atoms with Crippen molar-refractivity contribution in [1.82, 2.24) is 0 Å². The lowest BCUT2D eigenvalue weighted by Gasteiger charge is -1.96. The first-order valence-electron chi connectivity index (χ1n) is 7.40. The number of aliphatic carboxylic acids is 1. The molecule has 19 heavy (non-hydrogen) atoms. The molecule has 0 aromatic rings. The van der Waals surface area contributed by atoms with E-state index < -0.39 is 5.97 Å². The molecule has 0 atom stereocenters. The maximum Gasteiger partial charge on any atom is 0.303 e. The Kier molecular flexibility index (Phi) is 14.1. The minimum atomic E-state index is -0.689. The minimum Gasteiger partial charge on any atom is -0.481 e. The zero-order chi connectivity index (χ0) is 14.2. The lowest BCUT2D eigenvalue weighted by atomic mass is 10.1. The quantitative estimate of drug-likeness (QED) is 0.391. The number of unbranched alkanes of at least 4 members (excludes halogenated alkanes) is 6. The summed E-state index contributed by atoms with van der Waals surface area (Å²) in [6.45, 7) is 0.292. The monoisotopic (exact) mass is 268 g/mol. The zero-order valence-electron chi connectivity index (χ0n) is 11.9. The SMILES string of the molecule is O=C(O)CCCCCCC=CCC=CCCCCO. The Morgan fingerprint density at radius 2 is 1.37 bits per heavy atom. The van der Waals surface area contributed by atoms with E-state index in [2.05, 4.69) is 24.3 Å². The van der Waals surface area contributed by atoms with Crippen LogP contribution < -0.4 is 0 Å². The molecule has 0 heterocycles. The van der Waals surface area contributed by atoms with Crippen molar-refractivity contribution >= 4 is 5.97 Å². The van der Waals surface area contributed by atoms with Gasteiger partial charge in [-0.05, 0) is 44.9 Å². The van der Waals surface area contributed by atoms with Gasteiger partial charge >= 0.3 is 5.97 Å². The number of aliphatic hydroxyl groups is 1. The molecule has 0 bridgehead atoms. The molecule has 0 unspecified atom stereocenters. The number of hydrogen-bond acceptors (Lipinski definition) is 2. The molecule has 110 valence electrons. The summed E-state index contributed by atoms with van der Waals surface area (Å²) in [5, 5.41) is 17.1. The number of carboxylic acids is 1. The van der Waals surface area contributed by atoms with Crippen molar-refractivity contribution in [3.8, 4) is 0 Å². The lowest BCUT2D eigenvalue weighted by molar-refractivity contribution is -0.137. The number of rotatable bonds is 13. The van der Waals surface area contributed by atoms with E-state index in [1.807, 2.05) is 0 Å². The third kappa shape index (κ3) is 16.9. The van der Waals surface area contributed by atoms with Crippen molar-refractivity contribution in [2.75, 3.05) is 6.61 Å². The van der Waals surface area contributed by atoms with Gasteiger partial charge in [0.1, 0.15) is 0 Å². The maximum absolute atomic E-state index is 10.3. The Bertz CT molecular complexity index is 257. The zero-order valence-corrected chi connectivity index (χ0v) is 11.9. The highest BCUT2D eigenvalue weighted by atomic mass is 16.4. The largest absolute Gasteiger partial charge is 0.481 e. The fourth-order valence-electron chi connectivity index (χ4n) is 1.77. The normalized spacial score (nSPS) is 11.6. The Hall–Kier alpha value is -1.09. The van der Waals surface area contributed by atoms with Crippen molar-refractivity contribution in [2.45, 2.75) is 64.2 Å².